The molecule has 0 aliphatic carbocycles. The molecule has 0 aromatic heterocycles. The zero-order chi connectivity index (χ0) is 13.8. The lowest BCUT2D eigenvalue weighted by molar-refractivity contribution is 0.318. The summed E-state index contributed by atoms with van der Waals surface area (Å²) in [6.07, 6.45) is 0. The summed E-state index contributed by atoms with van der Waals surface area (Å²) in [6.45, 7) is 2.35. The third kappa shape index (κ3) is 4.53. The molecule has 0 N–H and O–H groups in total. The minimum Gasteiger partial charge on any atom is -0.301 e. The second-order valence-corrected chi connectivity index (χ2v) is 8.39. The Balaban J connectivity index is 1.90. The lowest BCUT2D eigenvalue weighted by Gasteiger charge is -2.25. The monoisotopic (exact) mass is 339 g/mol. The average Bonchev–Trinajstić information content (AvgIpc) is 2.40. The minimum absolute atomic E-state index is 0.488. The Bertz CT molecular complexity index is 501. The van der Waals surface area contributed by atoms with Crippen molar-refractivity contribution in [2.75, 3.05) is 36.9 Å². The first-order valence-corrected chi connectivity index (χ1v) is 9.53. The molecule has 0 radical (unpaired) electrons. The van der Waals surface area contributed by atoms with Crippen molar-refractivity contribution in [1.82, 2.24) is 4.90 Å². The molecule has 1 heterocycles. The van der Waals surface area contributed by atoms with Crippen LogP contribution in [-0.2, 0) is 21.6 Å². The third-order valence-corrected chi connectivity index (χ3v) is 6.34. The molecule has 106 valence electrons. The standard InChI is InChI=1S/C12H15Cl2NO2S2/c13-10-1-2-11(14)12(9-10)19(17)8-5-15-3-6-18(16)7-4-15/h1-2,9H,3-8H2/t19-/m0/s1. The van der Waals surface area contributed by atoms with Crippen molar-refractivity contribution in [2.24, 2.45) is 0 Å². The SMILES string of the molecule is O=S1CCN(CC[S@](=O)c2cc(Cl)ccc2Cl)CC1. The number of halogens is 2. The van der Waals surface area contributed by atoms with Crippen molar-refractivity contribution < 1.29 is 8.42 Å². The van der Waals surface area contributed by atoms with Gasteiger partial charge >= 0.3 is 0 Å². The minimum atomic E-state index is -1.15. The molecule has 1 aliphatic rings. The highest BCUT2D eigenvalue weighted by Crippen LogP contribution is 2.23. The van der Waals surface area contributed by atoms with Crippen molar-refractivity contribution in [3.63, 3.8) is 0 Å². The molecule has 0 unspecified atom stereocenters. The summed E-state index contributed by atoms with van der Waals surface area (Å²) in [6, 6.07) is 5.01. The number of benzene rings is 1. The first-order chi connectivity index (χ1) is 9.06. The molecule has 1 aromatic rings. The molecule has 1 aliphatic heterocycles. The Morgan fingerprint density at radius 1 is 1.26 bits per heavy atom. The highest BCUT2D eigenvalue weighted by atomic mass is 35.5. The van der Waals surface area contributed by atoms with Crippen LogP contribution in [0.1, 0.15) is 0 Å². The van der Waals surface area contributed by atoms with Gasteiger partial charge in [0.15, 0.2) is 0 Å². The summed E-state index contributed by atoms with van der Waals surface area (Å²) < 4.78 is 23.4. The molecule has 0 bridgehead atoms. The summed E-state index contributed by atoms with van der Waals surface area (Å²) in [5.74, 6) is 1.95. The Kier molecular flexibility index (Phi) is 5.84. The smallest absolute Gasteiger partial charge is 0.0589 e. The molecular formula is C12H15Cl2NO2S2. The highest BCUT2D eigenvalue weighted by Gasteiger charge is 2.16. The predicted molar refractivity (Wildman–Crippen MR) is 82.1 cm³/mol. The van der Waals surface area contributed by atoms with Crippen LogP contribution in [-0.4, -0.2) is 50.2 Å². The Labute approximate surface area is 128 Å². The van der Waals surface area contributed by atoms with E-state index < -0.39 is 21.6 Å². The first-order valence-electron chi connectivity index (χ1n) is 5.97. The van der Waals surface area contributed by atoms with Crippen LogP contribution in [0.15, 0.2) is 23.1 Å². The van der Waals surface area contributed by atoms with Gasteiger partial charge in [-0.05, 0) is 18.2 Å². The van der Waals surface area contributed by atoms with Crippen LogP contribution < -0.4 is 0 Å². The van der Waals surface area contributed by atoms with Gasteiger partial charge in [0.25, 0.3) is 0 Å². The Morgan fingerprint density at radius 2 is 1.95 bits per heavy atom. The van der Waals surface area contributed by atoms with Crippen molar-refractivity contribution >= 4 is 44.8 Å². The maximum Gasteiger partial charge on any atom is 0.0589 e. The molecule has 0 amide bonds. The average molecular weight is 340 g/mol. The molecule has 19 heavy (non-hydrogen) atoms. The lowest BCUT2D eigenvalue weighted by atomic mass is 10.4. The molecule has 1 aromatic carbocycles. The van der Waals surface area contributed by atoms with E-state index in [2.05, 4.69) is 4.90 Å². The fourth-order valence-corrected chi connectivity index (χ4v) is 4.80. The van der Waals surface area contributed by atoms with Gasteiger partial charge in [-0.2, -0.15) is 0 Å². The topological polar surface area (TPSA) is 37.4 Å². The number of hydrogen-bond donors (Lipinski definition) is 0. The van der Waals surface area contributed by atoms with Crippen LogP contribution >= 0.6 is 23.2 Å². The molecule has 0 spiro atoms. The summed E-state index contributed by atoms with van der Waals surface area (Å²) >= 11 is 11.9. The van der Waals surface area contributed by atoms with E-state index in [1.165, 1.54) is 0 Å². The van der Waals surface area contributed by atoms with Crippen LogP contribution in [0.3, 0.4) is 0 Å². The predicted octanol–water partition coefficient (Wildman–Crippen LogP) is 2.17. The van der Waals surface area contributed by atoms with Crippen molar-refractivity contribution in [3.8, 4) is 0 Å². The van der Waals surface area contributed by atoms with E-state index in [-0.39, 0.29) is 0 Å². The van der Waals surface area contributed by atoms with Gasteiger partial charge in [-0.3, -0.25) is 8.42 Å². The van der Waals surface area contributed by atoms with E-state index >= 15 is 0 Å². The first kappa shape index (κ1) is 15.4. The molecular weight excluding hydrogens is 325 g/mol. The molecule has 1 saturated heterocycles. The summed E-state index contributed by atoms with van der Waals surface area (Å²) in [5.41, 5.74) is 0. The van der Waals surface area contributed by atoms with E-state index in [1.807, 2.05) is 0 Å². The van der Waals surface area contributed by atoms with Gasteiger partial charge in [0.05, 0.1) is 20.7 Å². The fourth-order valence-electron chi connectivity index (χ4n) is 1.87. The second-order valence-electron chi connectivity index (χ2n) is 4.31. The summed E-state index contributed by atoms with van der Waals surface area (Å²) in [5, 5.41) is 1.03. The molecule has 1 atom stereocenters. The highest BCUT2D eigenvalue weighted by molar-refractivity contribution is 7.85. The Morgan fingerprint density at radius 3 is 2.63 bits per heavy atom. The van der Waals surface area contributed by atoms with Gasteiger partial charge < -0.3 is 4.90 Å². The van der Waals surface area contributed by atoms with Crippen LogP contribution in [0.2, 0.25) is 10.0 Å². The van der Waals surface area contributed by atoms with Gasteiger partial charge in [-0.1, -0.05) is 23.2 Å². The number of nitrogens with zero attached hydrogens (tertiary/aromatic N) is 1. The van der Waals surface area contributed by atoms with Crippen LogP contribution in [0.5, 0.6) is 0 Å². The van der Waals surface area contributed by atoms with E-state index in [9.17, 15) is 8.42 Å². The van der Waals surface area contributed by atoms with Crippen LogP contribution in [0.25, 0.3) is 0 Å². The maximum atomic E-state index is 12.2. The molecule has 1 fully saturated rings. The van der Waals surface area contributed by atoms with Gasteiger partial charge in [-0.15, -0.1) is 0 Å². The van der Waals surface area contributed by atoms with E-state index in [4.69, 9.17) is 23.2 Å². The molecule has 3 nitrogen and oxygen atoms in total. The molecule has 2 rings (SSSR count). The normalized spacial score (nSPS) is 19.5. The van der Waals surface area contributed by atoms with Crippen molar-refractivity contribution in [1.29, 1.82) is 0 Å². The van der Waals surface area contributed by atoms with E-state index in [0.717, 1.165) is 19.6 Å². The van der Waals surface area contributed by atoms with E-state index in [1.54, 1.807) is 18.2 Å². The van der Waals surface area contributed by atoms with Gasteiger partial charge in [-0.25, -0.2) is 0 Å². The zero-order valence-electron chi connectivity index (χ0n) is 10.3. The van der Waals surface area contributed by atoms with Crippen molar-refractivity contribution in [2.45, 2.75) is 4.90 Å². The largest absolute Gasteiger partial charge is 0.301 e. The number of rotatable bonds is 4. The summed E-state index contributed by atoms with van der Waals surface area (Å²) in [4.78, 5) is 2.78. The summed E-state index contributed by atoms with van der Waals surface area (Å²) in [7, 11) is -1.82. The molecule has 0 saturated carbocycles. The van der Waals surface area contributed by atoms with Gasteiger partial charge in [0.1, 0.15) is 0 Å². The zero-order valence-corrected chi connectivity index (χ0v) is 13.5. The quantitative estimate of drug-likeness (QED) is 0.843. The Hall–Kier alpha value is 0.0600. The van der Waals surface area contributed by atoms with Gasteiger partial charge in [0, 0.05) is 52.7 Å². The lowest BCUT2D eigenvalue weighted by Crippen LogP contribution is -2.39. The molecule has 7 heteroatoms. The van der Waals surface area contributed by atoms with Crippen LogP contribution in [0, 0.1) is 0 Å². The third-order valence-electron chi connectivity index (χ3n) is 3.00. The number of hydrogen-bond acceptors (Lipinski definition) is 3. The van der Waals surface area contributed by atoms with Crippen molar-refractivity contribution in [3.05, 3.63) is 28.2 Å². The van der Waals surface area contributed by atoms with Crippen LogP contribution in [0.4, 0.5) is 0 Å². The fraction of sp³-hybridized carbons (Fsp3) is 0.500. The van der Waals surface area contributed by atoms with E-state index in [0.29, 0.717) is 32.2 Å². The second kappa shape index (κ2) is 7.18. The van der Waals surface area contributed by atoms with Gasteiger partial charge in [0.2, 0.25) is 0 Å². The maximum absolute atomic E-state index is 12.2.